The van der Waals surface area contributed by atoms with Gasteiger partial charge < -0.3 is 5.73 Å². The van der Waals surface area contributed by atoms with Crippen LogP contribution in [0.1, 0.15) is 53.9 Å². The highest BCUT2D eigenvalue weighted by atomic mass is 19.1. The number of carbonyl (C=O) groups excluding carboxylic acids is 1. The molecule has 1 atom stereocenters. The van der Waals surface area contributed by atoms with Crippen molar-refractivity contribution in [2.24, 2.45) is 17.1 Å². The predicted octanol–water partition coefficient (Wildman–Crippen LogP) is 3.05. The van der Waals surface area contributed by atoms with Crippen LogP contribution in [0.3, 0.4) is 0 Å². The van der Waals surface area contributed by atoms with Gasteiger partial charge in [0.05, 0.1) is 0 Å². The Bertz CT molecular complexity index is 226. The normalized spacial score (nSPS) is 16.5. The first-order valence-corrected chi connectivity index (χ1v) is 5.62. The van der Waals surface area contributed by atoms with E-state index in [1.54, 1.807) is 0 Å². The van der Waals surface area contributed by atoms with Crippen molar-refractivity contribution in [1.29, 1.82) is 0 Å². The molecule has 2 N–H and O–H groups in total. The van der Waals surface area contributed by atoms with Gasteiger partial charge in [-0.3, -0.25) is 4.79 Å². The molecule has 0 spiro atoms. The SMILES string of the molecule is CCC(C)(C)CC(F)(CC(C)C)C(N)=O. The maximum absolute atomic E-state index is 14.4. The van der Waals surface area contributed by atoms with Gasteiger partial charge in [-0.15, -0.1) is 0 Å². The topological polar surface area (TPSA) is 43.1 Å². The molecule has 0 rings (SSSR count). The third kappa shape index (κ3) is 4.63. The molecule has 0 fully saturated rings. The Kier molecular flexibility index (Phi) is 4.75. The van der Waals surface area contributed by atoms with Crippen molar-refractivity contribution < 1.29 is 9.18 Å². The Labute approximate surface area is 92.4 Å². The lowest BCUT2D eigenvalue weighted by Crippen LogP contribution is -2.44. The van der Waals surface area contributed by atoms with E-state index >= 15 is 0 Å². The van der Waals surface area contributed by atoms with Gasteiger partial charge in [0.1, 0.15) is 0 Å². The molecule has 0 aromatic carbocycles. The molecular weight excluding hydrogens is 193 g/mol. The average molecular weight is 217 g/mol. The van der Waals surface area contributed by atoms with E-state index < -0.39 is 11.6 Å². The number of rotatable bonds is 6. The lowest BCUT2D eigenvalue weighted by atomic mass is 9.76. The quantitative estimate of drug-likeness (QED) is 0.730. The van der Waals surface area contributed by atoms with Crippen LogP contribution in [0.2, 0.25) is 0 Å². The third-order valence-corrected chi connectivity index (χ3v) is 2.89. The van der Waals surface area contributed by atoms with E-state index in [1.165, 1.54) is 0 Å². The van der Waals surface area contributed by atoms with Gasteiger partial charge in [-0.2, -0.15) is 0 Å². The Morgan fingerprint density at radius 3 is 2.13 bits per heavy atom. The van der Waals surface area contributed by atoms with Crippen LogP contribution in [0.4, 0.5) is 4.39 Å². The number of hydrogen-bond donors (Lipinski definition) is 1. The zero-order chi connectivity index (χ0) is 12.3. The van der Waals surface area contributed by atoms with Crippen molar-refractivity contribution in [3.8, 4) is 0 Å². The van der Waals surface area contributed by atoms with E-state index in [2.05, 4.69) is 0 Å². The number of carbonyl (C=O) groups is 1. The molecule has 1 unspecified atom stereocenters. The van der Waals surface area contributed by atoms with Crippen LogP contribution < -0.4 is 5.73 Å². The van der Waals surface area contributed by atoms with Crippen LogP contribution >= 0.6 is 0 Å². The van der Waals surface area contributed by atoms with E-state index in [0.29, 0.717) is 0 Å². The Morgan fingerprint density at radius 2 is 1.87 bits per heavy atom. The molecule has 0 saturated heterocycles. The van der Waals surface area contributed by atoms with Crippen LogP contribution in [-0.4, -0.2) is 11.6 Å². The molecule has 0 aliphatic rings. The fourth-order valence-corrected chi connectivity index (χ4v) is 1.79. The van der Waals surface area contributed by atoms with Gasteiger partial charge in [-0.05, 0) is 24.2 Å². The maximum Gasteiger partial charge on any atom is 0.255 e. The molecule has 0 aliphatic carbocycles. The van der Waals surface area contributed by atoms with E-state index in [4.69, 9.17) is 5.73 Å². The minimum Gasteiger partial charge on any atom is -0.367 e. The van der Waals surface area contributed by atoms with E-state index in [1.807, 2.05) is 34.6 Å². The van der Waals surface area contributed by atoms with Gasteiger partial charge in [-0.25, -0.2) is 4.39 Å². The molecule has 0 saturated carbocycles. The van der Waals surface area contributed by atoms with E-state index in [9.17, 15) is 9.18 Å². The first kappa shape index (κ1) is 14.4. The summed E-state index contributed by atoms with van der Waals surface area (Å²) in [5, 5.41) is 0. The predicted molar refractivity (Wildman–Crippen MR) is 61.2 cm³/mol. The average Bonchev–Trinajstić information content (AvgIpc) is 2.01. The molecule has 15 heavy (non-hydrogen) atoms. The summed E-state index contributed by atoms with van der Waals surface area (Å²) in [6.07, 6.45) is 1.26. The highest BCUT2D eigenvalue weighted by molar-refractivity contribution is 5.83. The summed E-state index contributed by atoms with van der Waals surface area (Å²) in [6, 6.07) is 0. The molecule has 1 amide bonds. The zero-order valence-electron chi connectivity index (χ0n) is 10.6. The van der Waals surface area contributed by atoms with E-state index in [-0.39, 0.29) is 24.2 Å². The summed E-state index contributed by atoms with van der Waals surface area (Å²) in [5.41, 5.74) is 3.13. The molecule has 2 nitrogen and oxygen atoms in total. The summed E-state index contributed by atoms with van der Waals surface area (Å²) in [4.78, 5) is 11.2. The van der Waals surface area contributed by atoms with Crippen LogP contribution in [-0.2, 0) is 4.79 Å². The summed E-state index contributed by atoms with van der Waals surface area (Å²) >= 11 is 0. The van der Waals surface area contributed by atoms with Crippen LogP contribution in [0.15, 0.2) is 0 Å². The number of primary amides is 1. The lowest BCUT2D eigenvalue weighted by Gasteiger charge is -2.32. The maximum atomic E-state index is 14.4. The zero-order valence-corrected chi connectivity index (χ0v) is 10.6. The largest absolute Gasteiger partial charge is 0.367 e. The molecule has 0 aromatic rings. The van der Waals surface area contributed by atoms with Crippen molar-refractivity contribution in [3.63, 3.8) is 0 Å². The molecule has 0 aliphatic heterocycles. The van der Waals surface area contributed by atoms with Gasteiger partial charge in [-0.1, -0.05) is 41.0 Å². The molecule has 0 bridgehead atoms. The monoisotopic (exact) mass is 217 g/mol. The smallest absolute Gasteiger partial charge is 0.255 e. The van der Waals surface area contributed by atoms with Gasteiger partial charge in [0, 0.05) is 0 Å². The Hall–Kier alpha value is -0.600. The van der Waals surface area contributed by atoms with Crippen LogP contribution in [0.5, 0.6) is 0 Å². The number of hydrogen-bond acceptors (Lipinski definition) is 1. The lowest BCUT2D eigenvalue weighted by molar-refractivity contribution is -0.133. The van der Waals surface area contributed by atoms with Gasteiger partial charge >= 0.3 is 0 Å². The number of alkyl halides is 1. The molecule has 3 heteroatoms. The fraction of sp³-hybridized carbons (Fsp3) is 0.917. The van der Waals surface area contributed by atoms with Gasteiger partial charge in [0.2, 0.25) is 0 Å². The Balaban J connectivity index is 4.73. The second-order valence-corrected chi connectivity index (χ2v) is 5.62. The number of nitrogens with two attached hydrogens (primary N) is 1. The molecule has 0 heterocycles. The minimum absolute atomic E-state index is 0.134. The first-order valence-electron chi connectivity index (χ1n) is 5.62. The highest BCUT2D eigenvalue weighted by Gasteiger charge is 2.41. The van der Waals surface area contributed by atoms with Crippen molar-refractivity contribution in [1.82, 2.24) is 0 Å². The van der Waals surface area contributed by atoms with Crippen molar-refractivity contribution in [2.45, 2.75) is 59.5 Å². The fourth-order valence-electron chi connectivity index (χ4n) is 1.79. The van der Waals surface area contributed by atoms with Crippen molar-refractivity contribution >= 4 is 5.91 Å². The summed E-state index contributed by atoms with van der Waals surface area (Å²) in [5.74, 6) is -0.687. The van der Waals surface area contributed by atoms with Gasteiger partial charge in [0.25, 0.3) is 5.91 Å². The first-order chi connectivity index (χ1) is 6.63. The molecule has 0 aromatic heterocycles. The van der Waals surface area contributed by atoms with Crippen molar-refractivity contribution in [3.05, 3.63) is 0 Å². The minimum atomic E-state index is -1.85. The van der Waals surface area contributed by atoms with Gasteiger partial charge in [0.15, 0.2) is 5.67 Å². The van der Waals surface area contributed by atoms with Crippen LogP contribution in [0.25, 0.3) is 0 Å². The second-order valence-electron chi connectivity index (χ2n) is 5.62. The van der Waals surface area contributed by atoms with Crippen molar-refractivity contribution in [2.75, 3.05) is 0 Å². The van der Waals surface area contributed by atoms with Crippen LogP contribution in [0, 0.1) is 11.3 Å². The number of amides is 1. The molecular formula is C12H24FNO. The molecule has 90 valence electrons. The summed E-state index contributed by atoms with van der Waals surface area (Å²) in [6.45, 7) is 9.72. The van der Waals surface area contributed by atoms with E-state index in [0.717, 1.165) is 6.42 Å². The third-order valence-electron chi connectivity index (χ3n) is 2.89. The second kappa shape index (κ2) is 4.95. The molecule has 0 radical (unpaired) electrons. The Morgan fingerprint density at radius 1 is 1.40 bits per heavy atom. The highest BCUT2D eigenvalue weighted by Crippen LogP contribution is 2.37. The summed E-state index contributed by atoms with van der Waals surface area (Å²) in [7, 11) is 0. The summed E-state index contributed by atoms with van der Waals surface area (Å²) < 4.78 is 14.4. The number of halogens is 1. The standard InChI is InChI=1S/C12H24FNO/c1-6-11(4,5)8-12(13,10(14)15)7-9(2)3/h9H,6-8H2,1-5H3,(H2,14,15).